The van der Waals surface area contributed by atoms with Crippen LogP contribution in [0.1, 0.15) is 21.6 Å². The van der Waals surface area contributed by atoms with Crippen LogP contribution >= 0.6 is 11.3 Å². The van der Waals surface area contributed by atoms with Gasteiger partial charge in [0.2, 0.25) is 5.78 Å². The van der Waals surface area contributed by atoms with E-state index >= 15 is 0 Å². The molecule has 0 spiro atoms. The molecule has 0 radical (unpaired) electrons. The maximum Gasteiger partial charge on any atom is 0.212 e. The normalized spacial score (nSPS) is 10.7. The van der Waals surface area contributed by atoms with Gasteiger partial charge in [-0.1, -0.05) is 12.1 Å². The smallest absolute Gasteiger partial charge is 0.212 e. The standard InChI is InChI=1S/C15H11NOS/c1-10-5-7-16-13(9-10)14(17)12-4-2-3-11-6-8-18-15(11)12/h2-9H,1H3. The van der Waals surface area contributed by atoms with E-state index in [1.807, 2.05) is 48.7 Å². The lowest BCUT2D eigenvalue weighted by molar-refractivity contribution is 0.103. The summed E-state index contributed by atoms with van der Waals surface area (Å²) in [5.74, 6) is -0.00764. The number of hydrogen-bond acceptors (Lipinski definition) is 3. The fourth-order valence-electron chi connectivity index (χ4n) is 1.97. The molecular formula is C15H11NOS. The van der Waals surface area contributed by atoms with E-state index in [-0.39, 0.29) is 5.78 Å². The van der Waals surface area contributed by atoms with Gasteiger partial charge in [0.25, 0.3) is 0 Å². The summed E-state index contributed by atoms with van der Waals surface area (Å²) in [7, 11) is 0. The van der Waals surface area contributed by atoms with E-state index in [0.717, 1.165) is 21.2 Å². The lowest BCUT2D eigenvalue weighted by Gasteiger charge is -2.02. The average Bonchev–Trinajstić information content (AvgIpc) is 2.86. The van der Waals surface area contributed by atoms with E-state index in [1.165, 1.54) is 0 Å². The zero-order valence-corrected chi connectivity index (χ0v) is 10.7. The molecule has 2 heterocycles. The predicted octanol–water partition coefficient (Wildman–Crippen LogP) is 3.84. The van der Waals surface area contributed by atoms with Crippen molar-refractivity contribution in [2.75, 3.05) is 0 Å². The topological polar surface area (TPSA) is 30.0 Å². The van der Waals surface area contributed by atoms with Crippen LogP contribution in [0, 0.1) is 6.92 Å². The second-order valence-electron chi connectivity index (χ2n) is 4.19. The number of nitrogens with zero attached hydrogens (tertiary/aromatic N) is 1. The minimum Gasteiger partial charge on any atom is -0.287 e. The van der Waals surface area contributed by atoms with Crippen molar-refractivity contribution in [3.63, 3.8) is 0 Å². The zero-order valence-electron chi connectivity index (χ0n) is 9.88. The van der Waals surface area contributed by atoms with E-state index in [1.54, 1.807) is 17.5 Å². The van der Waals surface area contributed by atoms with Crippen molar-refractivity contribution in [3.05, 3.63) is 64.8 Å². The Bertz CT molecular complexity index is 730. The van der Waals surface area contributed by atoms with Crippen molar-refractivity contribution in [1.29, 1.82) is 0 Å². The highest BCUT2D eigenvalue weighted by Crippen LogP contribution is 2.26. The summed E-state index contributed by atoms with van der Waals surface area (Å²) in [6.45, 7) is 1.96. The van der Waals surface area contributed by atoms with Gasteiger partial charge in [0.05, 0.1) is 0 Å². The molecule has 3 rings (SSSR count). The zero-order chi connectivity index (χ0) is 12.5. The van der Waals surface area contributed by atoms with Crippen molar-refractivity contribution in [1.82, 2.24) is 4.98 Å². The summed E-state index contributed by atoms with van der Waals surface area (Å²) in [4.78, 5) is 16.6. The second-order valence-corrected chi connectivity index (χ2v) is 5.11. The molecule has 0 aliphatic heterocycles. The molecule has 0 unspecified atom stereocenters. The van der Waals surface area contributed by atoms with Crippen LogP contribution in [0.25, 0.3) is 10.1 Å². The fourth-order valence-corrected chi connectivity index (χ4v) is 2.88. The maximum absolute atomic E-state index is 12.5. The molecule has 0 atom stereocenters. The highest BCUT2D eigenvalue weighted by atomic mass is 32.1. The number of rotatable bonds is 2. The van der Waals surface area contributed by atoms with Crippen LogP contribution in [-0.4, -0.2) is 10.8 Å². The van der Waals surface area contributed by atoms with E-state index in [0.29, 0.717) is 5.69 Å². The number of aryl methyl sites for hydroxylation is 1. The Morgan fingerprint density at radius 2 is 2.11 bits per heavy atom. The van der Waals surface area contributed by atoms with Gasteiger partial charge in [-0.15, -0.1) is 11.3 Å². The number of carbonyl (C=O) groups is 1. The number of fused-ring (bicyclic) bond motifs is 1. The fraction of sp³-hybridized carbons (Fsp3) is 0.0667. The summed E-state index contributed by atoms with van der Waals surface area (Å²) < 4.78 is 1.03. The number of hydrogen-bond donors (Lipinski definition) is 0. The van der Waals surface area contributed by atoms with Gasteiger partial charge < -0.3 is 0 Å². The number of carbonyl (C=O) groups excluding carboxylic acids is 1. The minimum atomic E-state index is -0.00764. The van der Waals surface area contributed by atoms with Crippen LogP contribution in [-0.2, 0) is 0 Å². The molecule has 3 heteroatoms. The van der Waals surface area contributed by atoms with Gasteiger partial charge in [0.15, 0.2) is 0 Å². The van der Waals surface area contributed by atoms with Gasteiger partial charge in [0.1, 0.15) is 5.69 Å². The van der Waals surface area contributed by atoms with Gasteiger partial charge in [0, 0.05) is 16.5 Å². The number of thiophene rings is 1. The first kappa shape index (κ1) is 11.1. The Balaban J connectivity index is 2.15. The Kier molecular flexibility index (Phi) is 2.68. The van der Waals surface area contributed by atoms with Crippen molar-refractivity contribution in [2.45, 2.75) is 6.92 Å². The highest BCUT2D eigenvalue weighted by molar-refractivity contribution is 7.17. The summed E-state index contributed by atoms with van der Waals surface area (Å²) in [5, 5.41) is 3.11. The number of aromatic nitrogens is 1. The predicted molar refractivity (Wildman–Crippen MR) is 74.2 cm³/mol. The first-order valence-corrected chi connectivity index (χ1v) is 6.57. The molecule has 2 aromatic heterocycles. The Labute approximate surface area is 109 Å². The summed E-state index contributed by atoms with van der Waals surface area (Å²) >= 11 is 1.59. The molecule has 3 aromatic rings. The third kappa shape index (κ3) is 1.83. The van der Waals surface area contributed by atoms with Gasteiger partial charge in [-0.3, -0.25) is 9.78 Å². The van der Waals surface area contributed by atoms with Gasteiger partial charge in [-0.2, -0.15) is 0 Å². The van der Waals surface area contributed by atoms with E-state index in [4.69, 9.17) is 0 Å². The molecule has 0 amide bonds. The van der Waals surface area contributed by atoms with Crippen molar-refractivity contribution in [3.8, 4) is 0 Å². The SMILES string of the molecule is Cc1ccnc(C(=O)c2cccc3ccsc23)c1. The monoisotopic (exact) mass is 253 g/mol. The van der Waals surface area contributed by atoms with Crippen molar-refractivity contribution >= 4 is 27.2 Å². The lowest BCUT2D eigenvalue weighted by Crippen LogP contribution is -2.04. The van der Waals surface area contributed by atoms with E-state index in [9.17, 15) is 4.79 Å². The molecule has 0 N–H and O–H groups in total. The van der Waals surface area contributed by atoms with Crippen LogP contribution in [0.15, 0.2) is 48.0 Å². The average molecular weight is 253 g/mol. The summed E-state index contributed by atoms with van der Waals surface area (Å²) in [6.07, 6.45) is 1.68. The van der Waals surface area contributed by atoms with Gasteiger partial charge >= 0.3 is 0 Å². The Morgan fingerprint density at radius 3 is 2.94 bits per heavy atom. The summed E-state index contributed by atoms with van der Waals surface area (Å²) in [5.41, 5.74) is 2.29. The Hall–Kier alpha value is -2.00. The quantitative estimate of drug-likeness (QED) is 0.649. The summed E-state index contributed by atoms with van der Waals surface area (Å²) in [6, 6.07) is 11.5. The first-order chi connectivity index (χ1) is 8.75. The molecule has 0 saturated heterocycles. The van der Waals surface area contributed by atoms with E-state index in [2.05, 4.69) is 4.98 Å². The minimum absolute atomic E-state index is 0.00764. The van der Waals surface area contributed by atoms with Gasteiger partial charge in [-0.05, 0) is 47.5 Å². The van der Waals surface area contributed by atoms with Crippen molar-refractivity contribution < 1.29 is 4.79 Å². The molecule has 1 aromatic carbocycles. The second kappa shape index (κ2) is 4.35. The lowest BCUT2D eigenvalue weighted by atomic mass is 10.1. The largest absolute Gasteiger partial charge is 0.287 e. The molecule has 0 fully saturated rings. The molecule has 88 valence electrons. The number of ketones is 1. The van der Waals surface area contributed by atoms with Crippen LogP contribution in [0.4, 0.5) is 0 Å². The molecular weight excluding hydrogens is 242 g/mol. The molecule has 0 aliphatic rings. The van der Waals surface area contributed by atoms with Crippen LogP contribution < -0.4 is 0 Å². The number of pyridine rings is 1. The third-order valence-corrected chi connectivity index (χ3v) is 3.84. The molecule has 2 nitrogen and oxygen atoms in total. The van der Waals surface area contributed by atoms with Crippen LogP contribution in [0.2, 0.25) is 0 Å². The maximum atomic E-state index is 12.5. The van der Waals surface area contributed by atoms with Gasteiger partial charge in [-0.25, -0.2) is 0 Å². The molecule has 18 heavy (non-hydrogen) atoms. The van der Waals surface area contributed by atoms with E-state index < -0.39 is 0 Å². The first-order valence-electron chi connectivity index (χ1n) is 5.69. The van der Waals surface area contributed by atoms with Crippen LogP contribution in [0.5, 0.6) is 0 Å². The highest BCUT2D eigenvalue weighted by Gasteiger charge is 2.14. The third-order valence-electron chi connectivity index (χ3n) is 2.87. The Morgan fingerprint density at radius 1 is 1.22 bits per heavy atom. The van der Waals surface area contributed by atoms with Crippen LogP contribution in [0.3, 0.4) is 0 Å². The molecule has 0 saturated carbocycles. The number of benzene rings is 1. The molecule has 0 aliphatic carbocycles. The van der Waals surface area contributed by atoms with Crippen molar-refractivity contribution in [2.24, 2.45) is 0 Å². The molecule has 0 bridgehead atoms.